The van der Waals surface area contributed by atoms with E-state index in [-0.39, 0.29) is 6.54 Å². The van der Waals surface area contributed by atoms with Gasteiger partial charge in [0.1, 0.15) is 5.75 Å². The topological polar surface area (TPSA) is 77.8 Å². The van der Waals surface area contributed by atoms with E-state index in [1.165, 1.54) is 0 Å². The fourth-order valence-electron chi connectivity index (χ4n) is 1.18. The molecule has 0 aromatic heterocycles. The molecule has 0 radical (unpaired) electrons. The zero-order valence-corrected chi connectivity index (χ0v) is 9.36. The molecule has 0 aliphatic rings. The summed E-state index contributed by atoms with van der Waals surface area (Å²) >= 11 is 0. The Morgan fingerprint density at radius 1 is 1.27 bits per heavy atom. The van der Waals surface area contributed by atoms with Crippen molar-refractivity contribution in [3.8, 4) is 0 Å². The lowest BCUT2D eigenvalue weighted by Crippen LogP contribution is -2.36. The monoisotopic (exact) mass is 235 g/mol. The maximum atomic E-state index is 10.5. The largest absolute Gasteiger partial charge is 0.391 e. The Hall–Kier alpha value is -0.690. The summed E-state index contributed by atoms with van der Waals surface area (Å²) in [5.74, 6) is -0.655. The van der Waals surface area contributed by atoms with Crippen molar-refractivity contribution in [2.75, 3.05) is 25.4 Å². The molecule has 0 amide bonds. The van der Waals surface area contributed by atoms with Gasteiger partial charge in [-0.2, -0.15) is 8.42 Å². The van der Waals surface area contributed by atoms with Crippen LogP contribution in [0.4, 0.5) is 0 Å². The highest BCUT2D eigenvalue weighted by molar-refractivity contribution is 7.85. The molecule has 0 spiro atoms. The van der Waals surface area contributed by atoms with Crippen LogP contribution in [-0.4, -0.2) is 54.5 Å². The second kappa shape index (κ2) is 6.73. The minimum absolute atomic E-state index is 0.151. The number of aliphatic hydroxyl groups is 1. The second-order valence-corrected chi connectivity index (χ2v) is 4.70. The number of hydrogen-bond acceptors (Lipinski definition) is 4. The summed E-state index contributed by atoms with van der Waals surface area (Å²) < 4.78 is 29.5. The van der Waals surface area contributed by atoms with Gasteiger partial charge in [0.15, 0.2) is 0 Å². The van der Waals surface area contributed by atoms with E-state index in [2.05, 4.69) is 13.2 Å². The molecule has 0 fully saturated rings. The minimum atomic E-state index is -4.13. The molecule has 5 nitrogen and oxygen atoms in total. The van der Waals surface area contributed by atoms with E-state index in [4.69, 9.17) is 4.55 Å². The van der Waals surface area contributed by atoms with Crippen LogP contribution in [-0.2, 0) is 10.1 Å². The Bertz CT molecular complexity index is 289. The zero-order valence-electron chi connectivity index (χ0n) is 8.54. The molecule has 1 unspecified atom stereocenters. The number of aliphatic hydroxyl groups excluding tert-OH is 1. The molecule has 0 aliphatic heterocycles. The van der Waals surface area contributed by atoms with Crippen LogP contribution in [0, 0.1) is 0 Å². The summed E-state index contributed by atoms with van der Waals surface area (Å²) in [5, 5.41) is 9.36. The van der Waals surface area contributed by atoms with Crippen LogP contribution in [0.1, 0.15) is 0 Å². The van der Waals surface area contributed by atoms with Crippen molar-refractivity contribution >= 4 is 10.1 Å². The molecule has 0 bridgehead atoms. The summed E-state index contributed by atoms with van der Waals surface area (Å²) in [4.78, 5) is 1.76. The van der Waals surface area contributed by atoms with E-state index in [0.29, 0.717) is 13.1 Å². The van der Waals surface area contributed by atoms with Crippen molar-refractivity contribution in [2.45, 2.75) is 6.10 Å². The van der Waals surface area contributed by atoms with Crippen LogP contribution in [0.15, 0.2) is 25.3 Å². The van der Waals surface area contributed by atoms with Crippen molar-refractivity contribution in [3.05, 3.63) is 25.3 Å². The Morgan fingerprint density at radius 3 is 2.07 bits per heavy atom. The molecule has 0 saturated heterocycles. The third kappa shape index (κ3) is 8.31. The van der Waals surface area contributed by atoms with Crippen LogP contribution < -0.4 is 0 Å². The van der Waals surface area contributed by atoms with Gasteiger partial charge in [0.25, 0.3) is 10.1 Å². The summed E-state index contributed by atoms with van der Waals surface area (Å²) in [6.07, 6.45) is 2.17. The summed E-state index contributed by atoms with van der Waals surface area (Å²) in [7, 11) is -4.13. The van der Waals surface area contributed by atoms with Gasteiger partial charge in [-0.3, -0.25) is 9.45 Å². The molecule has 0 heterocycles. The fourth-order valence-corrected chi connectivity index (χ4v) is 1.77. The molecule has 0 aromatic rings. The molecule has 0 saturated carbocycles. The molecule has 0 rings (SSSR count). The average Bonchev–Trinajstić information content (AvgIpc) is 2.00. The predicted molar refractivity (Wildman–Crippen MR) is 59.3 cm³/mol. The van der Waals surface area contributed by atoms with Crippen LogP contribution in [0.5, 0.6) is 0 Å². The van der Waals surface area contributed by atoms with Crippen molar-refractivity contribution in [1.82, 2.24) is 4.90 Å². The van der Waals surface area contributed by atoms with E-state index in [1.807, 2.05) is 0 Å². The van der Waals surface area contributed by atoms with E-state index in [9.17, 15) is 13.5 Å². The Morgan fingerprint density at radius 2 is 1.73 bits per heavy atom. The first kappa shape index (κ1) is 14.3. The molecule has 15 heavy (non-hydrogen) atoms. The van der Waals surface area contributed by atoms with Crippen molar-refractivity contribution < 1.29 is 18.1 Å². The first-order valence-electron chi connectivity index (χ1n) is 4.46. The standard InChI is InChI=1S/C9H17NO4S/c1-3-5-10(6-4-2)7-9(11)8-15(12,13)14/h3-4,9,11H,1-2,5-8H2,(H,12,13,14). The lowest BCUT2D eigenvalue weighted by Gasteiger charge is -2.21. The van der Waals surface area contributed by atoms with Gasteiger partial charge in [0.05, 0.1) is 6.10 Å². The number of nitrogens with zero attached hydrogens (tertiary/aromatic N) is 1. The van der Waals surface area contributed by atoms with Gasteiger partial charge in [-0.05, 0) is 0 Å². The summed E-state index contributed by atoms with van der Waals surface area (Å²) in [6.45, 7) is 8.27. The molecule has 0 aliphatic carbocycles. The van der Waals surface area contributed by atoms with Crippen molar-refractivity contribution in [3.63, 3.8) is 0 Å². The van der Waals surface area contributed by atoms with Gasteiger partial charge in [-0.1, -0.05) is 12.2 Å². The average molecular weight is 235 g/mol. The normalized spacial score (nSPS) is 13.8. The van der Waals surface area contributed by atoms with Gasteiger partial charge in [-0.25, -0.2) is 0 Å². The third-order valence-corrected chi connectivity index (χ3v) is 2.45. The maximum Gasteiger partial charge on any atom is 0.267 e. The molecule has 1 atom stereocenters. The van der Waals surface area contributed by atoms with Crippen LogP contribution in [0.2, 0.25) is 0 Å². The van der Waals surface area contributed by atoms with Crippen molar-refractivity contribution in [2.24, 2.45) is 0 Å². The second-order valence-electron chi connectivity index (χ2n) is 3.20. The van der Waals surface area contributed by atoms with Gasteiger partial charge >= 0.3 is 0 Å². The molecule has 0 aromatic carbocycles. The fraction of sp³-hybridized carbons (Fsp3) is 0.556. The predicted octanol–water partition coefficient (Wildman–Crippen LogP) is -0.0909. The molecular formula is C9H17NO4S. The smallest absolute Gasteiger partial charge is 0.267 e. The van der Waals surface area contributed by atoms with E-state index in [0.717, 1.165) is 0 Å². The Balaban J connectivity index is 4.15. The lowest BCUT2D eigenvalue weighted by molar-refractivity contribution is 0.141. The van der Waals surface area contributed by atoms with Gasteiger partial charge in [-0.15, -0.1) is 13.2 Å². The number of hydrogen-bond donors (Lipinski definition) is 2. The summed E-state index contributed by atoms with van der Waals surface area (Å²) in [6, 6.07) is 0. The van der Waals surface area contributed by atoms with Crippen molar-refractivity contribution in [1.29, 1.82) is 0 Å². The molecule has 6 heteroatoms. The molecule has 2 N–H and O–H groups in total. The van der Waals surface area contributed by atoms with Crippen LogP contribution in [0.25, 0.3) is 0 Å². The zero-order chi connectivity index (χ0) is 11.9. The first-order chi connectivity index (χ1) is 6.89. The number of rotatable bonds is 8. The molecular weight excluding hydrogens is 218 g/mol. The highest BCUT2D eigenvalue weighted by atomic mass is 32.2. The third-order valence-electron chi connectivity index (χ3n) is 1.65. The van der Waals surface area contributed by atoms with Gasteiger partial charge in [0, 0.05) is 19.6 Å². The van der Waals surface area contributed by atoms with E-state index in [1.54, 1.807) is 17.1 Å². The highest BCUT2D eigenvalue weighted by Crippen LogP contribution is 1.97. The lowest BCUT2D eigenvalue weighted by atomic mass is 10.3. The van der Waals surface area contributed by atoms with E-state index < -0.39 is 22.0 Å². The molecule has 88 valence electrons. The SMILES string of the molecule is C=CCN(CC=C)CC(O)CS(=O)(=O)O. The maximum absolute atomic E-state index is 10.5. The van der Waals surface area contributed by atoms with Gasteiger partial charge < -0.3 is 5.11 Å². The van der Waals surface area contributed by atoms with E-state index >= 15 is 0 Å². The first-order valence-corrected chi connectivity index (χ1v) is 6.07. The minimum Gasteiger partial charge on any atom is -0.391 e. The van der Waals surface area contributed by atoms with Crippen LogP contribution >= 0.6 is 0 Å². The summed E-state index contributed by atoms with van der Waals surface area (Å²) in [5.41, 5.74) is 0. The Labute approximate surface area is 90.5 Å². The highest BCUT2D eigenvalue weighted by Gasteiger charge is 2.16. The van der Waals surface area contributed by atoms with Gasteiger partial charge in [0.2, 0.25) is 0 Å². The Kier molecular flexibility index (Phi) is 6.42. The quantitative estimate of drug-likeness (QED) is 0.454. The van der Waals surface area contributed by atoms with Crippen LogP contribution in [0.3, 0.4) is 0 Å².